The van der Waals surface area contributed by atoms with Gasteiger partial charge in [-0.2, -0.15) is 12.6 Å². The first-order valence-corrected chi connectivity index (χ1v) is 7.27. The van der Waals surface area contributed by atoms with Crippen LogP contribution >= 0.6 is 12.6 Å². The van der Waals surface area contributed by atoms with E-state index in [0.29, 0.717) is 5.25 Å². The minimum absolute atomic E-state index is 0.527. The molecule has 0 aromatic heterocycles. The first-order valence-electron chi connectivity index (χ1n) is 6.75. The van der Waals surface area contributed by atoms with Crippen molar-refractivity contribution in [3.63, 3.8) is 0 Å². The van der Waals surface area contributed by atoms with Crippen LogP contribution in [-0.2, 0) is 0 Å². The minimum Gasteiger partial charge on any atom is -0.171 e. The maximum absolute atomic E-state index is 4.69. The lowest BCUT2D eigenvalue weighted by Gasteiger charge is -2.24. The zero-order valence-corrected chi connectivity index (χ0v) is 11.5. The number of allylic oxidation sites excluding steroid dienone is 2. The van der Waals surface area contributed by atoms with E-state index in [4.69, 9.17) is 0 Å². The third-order valence-corrected chi connectivity index (χ3v) is 4.16. The van der Waals surface area contributed by atoms with Crippen LogP contribution in [0.4, 0.5) is 0 Å². The molecule has 92 valence electrons. The van der Waals surface area contributed by atoms with Crippen LogP contribution in [0.25, 0.3) is 0 Å². The Bertz CT molecular complexity index is 230. The van der Waals surface area contributed by atoms with E-state index in [1.165, 1.54) is 51.4 Å². The SMILES string of the molecule is C=CCCCC1CC=C(C(S)CCC)CC1. The Morgan fingerprint density at radius 3 is 3.00 bits per heavy atom. The van der Waals surface area contributed by atoms with Gasteiger partial charge in [0.15, 0.2) is 0 Å². The van der Waals surface area contributed by atoms with Crippen molar-refractivity contribution in [3.8, 4) is 0 Å². The lowest BCUT2D eigenvalue weighted by Crippen LogP contribution is -2.11. The summed E-state index contributed by atoms with van der Waals surface area (Å²) in [5.41, 5.74) is 1.60. The predicted molar refractivity (Wildman–Crippen MR) is 77.2 cm³/mol. The van der Waals surface area contributed by atoms with Crippen LogP contribution in [0, 0.1) is 5.92 Å². The third kappa shape index (κ3) is 4.78. The molecular weight excluding hydrogens is 212 g/mol. The van der Waals surface area contributed by atoms with Gasteiger partial charge in [0.1, 0.15) is 0 Å². The number of unbranched alkanes of at least 4 members (excludes halogenated alkanes) is 1. The van der Waals surface area contributed by atoms with Crippen molar-refractivity contribution in [2.75, 3.05) is 0 Å². The van der Waals surface area contributed by atoms with Crippen LogP contribution in [0.2, 0.25) is 0 Å². The van der Waals surface area contributed by atoms with E-state index in [1.54, 1.807) is 5.57 Å². The quantitative estimate of drug-likeness (QED) is 0.353. The van der Waals surface area contributed by atoms with Crippen LogP contribution in [0.5, 0.6) is 0 Å². The first-order chi connectivity index (χ1) is 7.77. The monoisotopic (exact) mass is 238 g/mol. The predicted octanol–water partition coefficient (Wildman–Crippen LogP) is 5.17. The third-order valence-electron chi connectivity index (χ3n) is 3.57. The van der Waals surface area contributed by atoms with Crippen LogP contribution in [0.1, 0.15) is 58.3 Å². The molecule has 1 aliphatic carbocycles. The summed E-state index contributed by atoms with van der Waals surface area (Å²) in [7, 11) is 0. The molecule has 0 saturated carbocycles. The summed E-state index contributed by atoms with van der Waals surface area (Å²) in [6.45, 7) is 6.02. The van der Waals surface area contributed by atoms with E-state index in [2.05, 4.69) is 32.2 Å². The second-order valence-electron chi connectivity index (χ2n) is 4.94. The van der Waals surface area contributed by atoms with Gasteiger partial charge in [0, 0.05) is 5.25 Å². The van der Waals surface area contributed by atoms with Gasteiger partial charge in [-0.15, -0.1) is 6.58 Å². The maximum atomic E-state index is 4.69. The van der Waals surface area contributed by atoms with Crippen LogP contribution in [0.3, 0.4) is 0 Å². The highest BCUT2D eigenvalue weighted by Crippen LogP contribution is 2.31. The Morgan fingerprint density at radius 1 is 1.62 bits per heavy atom. The van der Waals surface area contributed by atoms with E-state index in [0.717, 1.165) is 5.92 Å². The zero-order chi connectivity index (χ0) is 11.8. The molecule has 16 heavy (non-hydrogen) atoms. The molecular formula is C15H26S. The van der Waals surface area contributed by atoms with Gasteiger partial charge >= 0.3 is 0 Å². The molecule has 0 fully saturated rings. The Labute approximate surface area is 107 Å². The van der Waals surface area contributed by atoms with Gasteiger partial charge in [0.25, 0.3) is 0 Å². The molecule has 0 bridgehead atoms. The largest absolute Gasteiger partial charge is 0.171 e. The summed E-state index contributed by atoms with van der Waals surface area (Å²) in [6, 6.07) is 0. The van der Waals surface area contributed by atoms with E-state index < -0.39 is 0 Å². The summed E-state index contributed by atoms with van der Waals surface area (Å²) >= 11 is 4.69. The molecule has 0 saturated heterocycles. The van der Waals surface area contributed by atoms with Gasteiger partial charge < -0.3 is 0 Å². The molecule has 0 N–H and O–H groups in total. The van der Waals surface area contributed by atoms with Gasteiger partial charge in [-0.3, -0.25) is 0 Å². The maximum Gasteiger partial charge on any atom is 0.0226 e. The van der Waals surface area contributed by atoms with Gasteiger partial charge in [-0.25, -0.2) is 0 Å². The number of hydrogen-bond donors (Lipinski definition) is 1. The van der Waals surface area contributed by atoms with Crippen LogP contribution in [0.15, 0.2) is 24.3 Å². The summed E-state index contributed by atoms with van der Waals surface area (Å²) in [5.74, 6) is 0.922. The molecule has 2 atom stereocenters. The van der Waals surface area contributed by atoms with Crippen molar-refractivity contribution in [2.45, 2.75) is 63.5 Å². The summed E-state index contributed by atoms with van der Waals surface area (Å²) in [5, 5.41) is 0.527. The average Bonchev–Trinajstić information content (AvgIpc) is 2.30. The molecule has 1 aliphatic rings. The Morgan fingerprint density at radius 2 is 2.44 bits per heavy atom. The number of thiol groups is 1. The van der Waals surface area contributed by atoms with Gasteiger partial charge in [0.2, 0.25) is 0 Å². The fraction of sp³-hybridized carbons (Fsp3) is 0.733. The Kier molecular flexibility index (Phi) is 6.95. The van der Waals surface area contributed by atoms with E-state index >= 15 is 0 Å². The van der Waals surface area contributed by atoms with E-state index in [1.807, 2.05) is 6.08 Å². The molecule has 0 amide bonds. The van der Waals surface area contributed by atoms with Crippen molar-refractivity contribution < 1.29 is 0 Å². The normalized spacial score (nSPS) is 22.6. The molecule has 0 aromatic carbocycles. The van der Waals surface area contributed by atoms with Gasteiger partial charge in [-0.1, -0.05) is 31.1 Å². The fourth-order valence-electron chi connectivity index (χ4n) is 2.48. The summed E-state index contributed by atoms with van der Waals surface area (Å²) < 4.78 is 0. The average molecular weight is 238 g/mol. The van der Waals surface area contributed by atoms with Crippen molar-refractivity contribution in [1.82, 2.24) is 0 Å². The van der Waals surface area contributed by atoms with Crippen molar-refractivity contribution in [2.24, 2.45) is 5.92 Å². The highest BCUT2D eigenvalue weighted by molar-refractivity contribution is 7.81. The standard InChI is InChI=1S/C15H26S/c1-3-5-6-8-13-9-11-14(12-10-13)15(16)7-4-2/h3,11,13,15-16H,1,4-10,12H2,2H3. The lowest BCUT2D eigenvalue weighted by atomic mass is 9.84. The molecule has 0 aliphatic heterocycles. The van der Waals surface area contributed by atoms with Crippen molar-refractivity contribution >= 4 is 12.6 Å². The smallest absolute Gasteiger partial charge is 0.0226 e. The van der Waals surface area contributed by atoms with Crippen molar-refractivity contribution in [1.29, 1.82) is 0 Å². The van der Waals surface area contributed by atoms with Crippen molar-refractivity contribution in [3.05, 3.63) is 24.3 Å². The Balaban J connectivity index is 2.27. The molecule has 1 heteroatoms. The molecule has 0 radical (unpaired) electrons. The Hall–Kier alpha value is -0.170. The van der Waals surface area contributed by atoms with Gasteiger partial charge in [-0.05, 0) is 50.9 Å². The van der Waals surface area contributed by atoms with E-state index in [9.17, 15) is 0 Å². The molecule has 1 rings (SSSR count). The molecule has 0 nitrogen and oxygen atoms in total. The van der Waals surface area contributed by atoms with Crippen LogP contribution < -0.4 is 0 Å². The number of hydrogen-bond acceptors (Lipinski definition) is 1. The molecule has 0 spiro atoms. The zero-order valence-electron chi connectivity index (χ0n) is 10.6. The summed E-state index contributed by atoms with van der Waals surface area (Å²) in [4.78, 5) is 0. The molecule has 0 heterocycles. The highest BCUT2D eigenvalue weighted by atomic mass is 32.1. The fourth-order valence-corrected chi connectivity index (χ4v) is 2.98. The molecule has 0 aromatic rings. The van der Waals surface area contributed by atoms with Crippen LogP contribution in [-0.4, -0.2) is 5.25 Å². The second-order valence-corrected chi connectivity index (χ2v) is 5.57. The lowest BCUT2D eigenvalue weighted by molar-refractivity contribution is 0.422. The van der Waals surface area contributed by atoms with E-state index in [-0.39, 0.29) is 0 Å². The van der Waals surface area contributed by atoms with Gasteiger partial charge in [0.05, 0.1) is 0 Å². The highest BCUT2D eigenvalue weighted by Gasteiger charge is 2.17. The number of rotatable bonds is 7. The minimum atomic E-state index is 0.527. The topological polar surface area (TPSA) is 0 Å². The summed E-state index contributed by atoms with van der Waals surface area (Å²) in [6.07, 6.45) is 14.8. The first kappa shape index (κ1) is 13.9. The molecule has 2 unspecified atom stereocenters. The second kappa shape index (κ2) is 8.00.